The fourth-order valence-electron chi connectivity index (χ4n) is 2.25. The molecule has 0 unspecified atom stereocenters. The summed E-state index contributed by atoms with van der Waals surface area (Å²) in [5.41, 5.74) is 11.3. The van der Waals surface area contributed by atoms with E-state index in [0.717, 1.165) is 22.6 Å². The van der Waals surface area contributed by atoms with Crippen LogP contribution in [0, 0.1) is 0 Å². The van der Waals surface area contributed by atoms with Crippen molar-refractivity contribution < 1.29 is 0 Å². The number of aliphatic imine (C=N–C) groups is 1. The number of nitrogens with one attached hydrogen (secondary N) is 1. The van der Waals surface area contributed by atoms with Gasteiger partial charge in [0, 0.05) is 11.3 Å². The molecule has 0 aliphatic carbocycles. The van der Waals surface area contributed by atoms with Gasteiger partial charge in [0.1, 0.15) is 5.84 Å². The lowest BCUT2D eigenvalue weighted by Gasteiger charge is -2.12. The molecule has 0 saturated carbocycles. The van der Waals surface area contributed by atoms with Crippen molar-refractivity contribution in [2.75, 3.05) is 5.32 Å². The molecule has 0 spiro atoms. The Morgan fingerprint density at radius 3 is 2.63 bits per heavy atom. The Morgan fingerprint density at radius 2 is 1.84 bits per heavy atom. The molecule has 3 heteroatoms. The van der Waals surface area contributed by atoms with Crippen LogP contribution in [-0.2, 0) is 0 Å². The van der Waals surface area contributed by atoms with E-state index in [9.17, 15) is 0 Å². The molecule has 0 aromatic heterocycles. The van der Waals surface area contributed by atoms with Gasteiger partial charge in [-0.25, -0.2) is 4.99 Å². The number of fused-ring (bicyclic) bond motifs is 2. The summed E-state index contributed by atoms with van der Waals surface area (Å²) in [4.78, 5) is 4.51. The number of nitrogens with zero attached hydrogens (tertiary/aromatic N) is 1. The van der Waals surface area contributed by atoms with E-state index in [1.54, 1.807) is 0 Å². The molecule has 2 aromatic carbocycles. The molecule has 0 bridgehead atoms. The number of nitrogens with two attached hydrogens (primary N) is 1. The van der Waals surface area contributed by atoms with E-state index < -0.39 is 0 Å². The molecule has 0 atom stereocenters. The first-order valence-corrected chi connectivity index (χ1v) is 6.49. The summed E-state index contributed by atoms with van der Waals surface area (Å²) in [6.45, 7) is 4.35. The van der Waals surface area contributed by atoms with Gasteiger partial charge in [-0.05, 0) is 35.7 Å². The zero-order valence-corrected chi connectivity index (χ0v) is 11.1. The SMILES string of the molecule is CC(C)c1ccc2c(c1)C(N)=Nc1ccccc1N2. The van der Waals surface area contributed by atoms with Crippen molar-refractivity contribution in [1.29, 1.82) is 0 Å². The first-order valence-electron chi connectivity index (χ1n) is 6.49. The van der Waals surface area contributed by atoms with Crippen LogP contribution in [0.15, 0.2) is 47.5 Å². The van der Waals surface area contributed by atoms with Gasteiger partial charge >= 0.3 is 0 Å². The summed E-state index contributed by atoms with van der Waals surface area (Å²) in [5, 5.41) is 3.40. The number of amidine groups is 1. The molecule has 96 valence electrons. The normalized spacial score (nSPS) is 13.1. The number of hydrogen-bond acceptors (Lipinski definition) is 3. The fourth-order valence-corrected chi connectivity index (χ4v) is 2.25. The van der Waals surface area contributed by atoms with Crippen molar-refractivity contribution >= 4 is 22.9 Å². The van der Waals surface area contributed by atoms with Crippen molar-refractivity contribution in [2.24, 2.45) is 10.7 Å². The summed E-state index contributed by atoms with van der Waals surface area (Å²) in [6.07, 6.45) is 0. The summed E-state index contributed by atoms with van der Waals surface area (Å²) < 4.78 is 0. The van der Waals surface area contributed by atoms with Crippen LogP contribution in [0.25, 0.3) is 0 Å². The molecule has 0 amide bonds. The van der Waals surface area contributed by atoms with Gasteiger partial charge in [0.05, 0.1) is 11.4 Å². The fraction of sp³-hybridized carbons (Fsp3) is 0.188. The van der Waals surface area contributed by atoms with E-state index >= 15 is 0 Å². The number of hydrogen-bond donors (Lipinski definition) is 2. The minimum Gasteiger partial charge on any atom is -0.383 e. The Labute approximate surface area is 113 Å². The summed E-state index contributed by atoms with van der Waals surface area (Å²) in [6, 6.07) is 14.3. The van der Waals surface area contributed by atoms with Crippen LogP contribution in [0.5, 0.6) is 0 Å². The zero-order chi connectivity index (χ0) is 13.4. The number of rotatable bonds is 1. The van der Waals surface area contributed by atoms with Gasteiger partial charge in [-0.3, -0.25) is 0 Å². The molecular formula is C16H17N3. The van der Waals surface area contributed by atoms with Gasteiger partial charge in [0.15, 0.2) is 0 Å². The topological polar surface area (TPSA) is 50.4 Å². The molecule has 2 aromatic rings. The second-order valence-electron chi connectivity index (χ2n) is 5.10. The van der Waals surface area contributed by atoms with Crippen molar-refractivity contribution in [3.8, 4) is 0 Å². The van der Waals surface area contributed by atoms with Gasteiger partial charge in [-0.15, -0.1) is 0 Å². The standard InChI is InChI=1S/C16H17N3/c1-10(2)11-7-8-13-12(9-11)16(17)19-15-6-4-3-5-14(15)18-13/h3-10,18H,1-2H3,(H2,17,19). The monoisotopic (exact) mass is 251 g/mol. The number of benzene rings is 2. The van der Waals surface area contributed by atoms with Crippen molar-refractivity contribution in [3.63, 3.8) is 0 Å². The molecule has 0 saturated heterocycles. The molecule has 1 aliphatic heterocycles. The van der Waals surface area contributed by atoms with Gasteiger partial charge in [-0.1, -0.05) is 32.0 Å². The Morgan fingerprint density at radius 1 is 1.05 bits per heavy atom. The smallest absolute Gasteiger partial charge is 0.133 e. The van der Waals surface area contributed by atoms with Gasteiger partial charge in [0.2, 0.25) is 0 Å². The summed E-state index contributed by atoms with van der Waals surface area (Å²) in [7, 11) is 0. The minimum atomic E-state index is 0.476. The van der Waals surface area contributed by atoms with Gasteiger partial charge < -0.3 is 11.1 Å². The lowest BCUT2D eigenvalue weighted by molar-refractivity contribution is 0.866. The lowest BCUT2D eigenvalue weighted by Crippen LogP contribution is -2.14. The third-order valence-electron chi connectivity index (χ3n) is 3.40. The van der Waals surface area contributed by atoms with E-state index in [-0.39, 0.29) is 0 Å². The highest BCUT2D eigenvalue weighted by Gasteiger charge is 2.15. The average Bonchev–Trinajstić information content (AvgIpc) is 2.54. The van der Waals surface area contributed by atoms with Crippen LogP contribution in [0.3, 0.4) is 0 Å². The minimum absolute atomic E-state index is 0.476. The first kappa shape index (κ1) is 11.8. The molecule has 3 rings (SSSR count). The van der Waals surface area contributed by atoms with Crippen molar-refractivity contribution in [1.82, 2.24) is 0 Å². The van der Waals surface area contributed by atoms with Crippen LogP contribution >= 0.6 is 0 Å². The molecule has 0 fully saturated rings. The maximum Gasteiger partial charge on any atom is 0.133 e. The third-order valence-corrected chi connectivity index (χ3v) is 3.40. The molecular weight excluding hydrogens is 234 g/mol. The van der Waals surface area contributed by atoms with Crippen LogP contribution in [0.1, 0.15) is 30.9 Å². The largest absolute Gasteiger partial charge is 0.383 e. The Hall–Kier alpha value is -2.29. The first-order chi connectivity index (χ1) is 9.15. The molecule has 19 heavy (non-hydrogen) atoms. The summed E-state index contributed by atoms with van der Waals surface area (Å²) >= 11 is 0. The molecule has 1 aliphatic rings. The van der Waals surface area contributed by atoms with E-state index in [4.69, 9.17) is 5.73 Å². The predicted molar refractivity (Wildman–Crippen MR) is 80.6 cm³/mol. The second kappa shape index (κ2) is 4.43. The van der Waals surface area contributed by atoms with Gasteiger partial charge in [0.25, 0.3) is 0 Å². The number of para-hydroxylation sites is 2. The van der Waals surface area contributed by atoms with Crippen molar-refractivity contribution in [2.45, 2.75) is 19.8 Å². The third kappa shape index (κ3) is 2.08. The average molecular weight is 251 g/mol. The quantitative estimate of drug-likeness (QED) is 0.807. The van der Waals surface area contributed by atoms with Crippen molar-refractivity contribution in [3.05, 3.63) is 53.6 Å². The van der Waals surface area contributed by atoms with Crippen LogP contribution < -0.4 is 11.1 Å². The van der Waals surface area contributed by atoms with E-state index in [1.165, 1.54) is 5.56 Å². The van der Waals surface area contributed by atoms with E-state index in [1.807, 2.05) is 24.3 Å². The second-order valence-corrected chi connectivity index (χ2v) is 5.10. The van der Waals surface area contributed by atoms with Crippen LogP contribution in [-0.4, -0.2) is 5.84 Å². The highest BCUT2D eigenvalue weighted by molar-refractivity contribution is 6.06. The van der Waals surface area contributed by atoms with Gasteiger partial charge in [-0.2, -0.15) is 0 Å². The Bertz CT molecular complexity index is 657. The number of anilines is 2. The lowest BCUT2D eigenvalue weighted by atomic mass is 9.99. The molecule has 1 heterocycles. The Balaban J connectivity index is 2.17. The van der Waals surface area contributed by atoms with Crippen LogP contribution in [0.2, 0.25) is 0 Å². The molecule has 3 nitrogen and oxygen atoms in total. The highest BCUT2D eigenvalue weighted by Crippen LogP contribution is 2.34. The van der Waals surface area contributed by atoms with Crippen LogP contribution in [0.4, 0.5) is 17.1 Å². The molecule has 0 radical (unpaired) electrons. The Kier molecular flexibility index (Phi) is 2.75. The maximum absolute atomic E-state index is 6.14. The zero-order valence-electron chi connectivity index (χ0n) is 11.1. The van der Waals surface area contributed by atoms with E-state index in [2.05, 4.69) is 42.4 Å². The predicted octanol–water partition coefficient (Wildman–Crippen LogP) is 3.90. The highest BCUT2D eigenvalue weighted by atomic mass is 15.0. The molecule has 3 N–H and O–H groups in total. The maximum atomic E-state index is 6.14. The van der Waals surface area contributed by atoms with E-state index in [0.29, 0.717) is 11.8 Å². The summed E-state index contributed by atoms with van der Waals surface area (Å²) in [5.74, 6) is 1.04.